The first-order chi connectivity index (χ1) is 7.66. The summed E-state index contributed by atoms with van der Waals surface area (Å²) in [5.41, 5.74) is 0. The first-order valence-corrected chi connectivity index (χ1v) is 7.37. The van der Waals surface area contributed by atoms with Gasteiger partial charge in [-0.25, -0.2) is 0 Å². The summed E-state index contributed by atoms with van der Waals surface area (Å²) in [7, 11) is 0. The lowest BCUT2D eigenvalue weighted by atomic mass is 9.95. The second kappa shape index (κ2) is 11.4. The van der Waals surface area contributed by atoms with Crippen LogP contribution in [-0.2, 0) is 0 Å². The summed E-state index contributed by atoms with van der Waals surface area (Å²) >= 11 is 0. The van der Waals surface area contributed by atoms with Gasteiger partial charge in [-0.1, -0.05) is 66.2 Å². The number of unbranched alkanes of at least 4 members (excludes halogenated alkanes) is 2. The minimum Gasteiger partial charge on any atom is -0.317 e. The van der Waals surface area contributed by atoms with E-state index < -0.39 is 0 Å². The predicted octanol–water partition coefficient (Wildman–Crippen LogP) is 4.62. The van der Waals surface area contributed by atoms with E-state index in [4.69, 9.17) is 0 Å². The highest BCUT2D eigenvalue weighted by molar-refractivity contribution is 4.56. The van der Waals surface area contributed by atoms with E-state index in [2.05, 4.69) is 33.0 Å². The third-order valence-corrected chi connectivity index (χ3v) is 3.28. The van der Waals surface area contributed by atoms with Crippen LogP contribution in [0.25, 0.3) is 0 Å². The van der Waals surface area contributed by atoms with E-state index in [9.17, 15) is 0 Å². The molecule has 0 rings (SSSR count). The van der Waals surface area contributed by atoms with Crippen LogP contribution in [0, 0.1) is 11.8 Å². The Hall–Kier alpha value is -0.0400. The van der Waals surface area contributed by atoms with Crippen LogP contribution in [0.3, 0.4) is 0 Å². The number of hydrogen-bond acceptors (Lipinski definition) is 1. The van der Waals surface area contributed by atoms with Crippen LogP contribution in [0.15, 0.2) is 0 Å². The third-order valence-electron chi connectivity index (χ3n) is 3.28. The SMILES string of the molecule is CCNCCCCCC(C)CCCC(C)C. The second-order valence-corrected chi connectivity index (χ2v) is 5.63. The molecule has 0 radical (unpaired) electrons. The number of hydrogen-bond donors (Lipinski definition) is 1. The molecule has 0 aromatic carbocycles. The summed E-state index contributed by atoms with van der Waals surface area (Å²) in [4.78, 5) is 0. The first kappa shape index (κ1) is 16.0. The quantitative estimate of drug-likeness (QED) is 0.508. The Morgan fingerprint density at radius 2 is 1.50 bits per heavy atom. The zero-order valence-corrected chi connectivity index (χ0v) is 12.0. The molecule has 16 heavy (non-hydrogen) atoms. The Morgan fingerprint density at radius 3 is 2.12 bits per heavy atom. The molecule has 0 amide bonds. The predicted molar refractivity (Wildman–Crippen MR) is 74.9 cm³/mol. The maximum Gasteiger partial charge on any atom is -0.00490 e. The molecule has 1 unspecified atom stereocenters. The van der Waals surface area contributed by atoms with E-state index in [0.29, 0.717) is 0 Å². The molecule has 0 aromatic heterocycles. The van der Waals surface area contributed by atoms with Gasteiger partial charge in [0, 0.05) is 0 Å². The van der Waals surface area contributed by atoms with Crippen molar-refractivity contribution in [3.8, 4) is 0 Å². The zero-order valence-electron chi connectivity index (χ0n) is 12.0. The third kappa shape index (κ3) is 12.0. The lowest BCUT2D eigenvalue weighted by Crippen LogP contribution is -2.13. The fraction of sp³-hybridized carbons (Fsp3) is 1.00. The van der Waals surface area contributed by atoms with Gasteiger partial charge in [-0.15, -0.1) is 0 Å². The second-order valence-electron chi connectivity index (χ2n) is 5.63. The first-order valence-electron chi connectivity index (χ1n) is 7.37. The summed E-state index contributed by atoms with van der Waals surface area (Å²) in [6.07, 6.45) is 9.89. The molecule has 0 aromatic rings. The van der Waals surface area contributed by atoms with Gasteiger partial charge in [0.05, 0.1) is 0 Å². The smallest absolute Gasteiger partial charge is 0.00490 e. The fourth-order valence-corrected chi connectivity index (χ4v) is 2.12. The molecule has 0 bridgehead atoms. The molecule has 98 valence electrons. The Kier molecular flexibility index (Phi) is 11.4. The monoisotopic (exact) mass is 227 g/mol. The summed E-state index contributed by atoms with van der Waals surface area (Å²) in [5, 5.41) is 3.38. The normalized spacial score (nSPS) is 13.3. The van der Waals surface area contributed by atoms with Crippen molar-refractivity contribution in [3.05, 3.63) is 0 Å². The lowest BCUT2D eigenvalue weighted by molar-refractivity contribution is 0.419. The molecule has 0 fully saturated rings. The molecule has 0 spiro atoms. The van der Waals surface area contributed by atoms with Gasteiger partial charge in [0.15, 0.2) is 0 Å². The van der Waals surface area contributed by atoms with Crippen LogP contribution < -0.4 is 5.32 Å². The average Bonchev–Trinajstić information content (AvgIpc) is 2.22. The van der Waals surface area contributed by atoms with Gasteiger partial charge < -0.3 is 5.32 Å². The standard InChI is InChI=1S/C15H33N/c1-5-16-13-8-6-7-11-15(4)12-9-10-14(2)3/h14-16H,5-13H2,1-4H3. The zero-order chi connectivity index (χ0) is 12.2. The van der Waals surface area contributed by atoms with Crippen molar-refractivity contribution in [1.29, 1.82) is 0 Å². The van der Waals surface area contributed by atoms with Gasteiger partial charge in [-0.2, -0.15) is 0 Å². The largest absolute Gasteiger partial charge is 0.317 e. The minimum atomic E-state index is 0.882. The van der Waals surface area contributed by atoms with Crippen molar-refractivity contribution >= 4 is 0 Å². The Labute approximate surface area is 103 Å². The van der Waals surface area contributed by atoms with Crippen molar-refractivity contribution in [1.82, 2.24) is 5.32 Å². The average molecular weight is 227 g/mol. The van der Waals surface area contributed by atoms with Crippen LogP contribution in [-0.4, -0.2) is 13.1 Å². The molecule has 0 aliphatic carbocycles. The van der Waals surface area contributed by atoms with Crippen LogP contribution in [0.5, 0.6) is 0 Å². The molecule has 0 aliphatic heterocycles. The van der Waals surface area contributed by atoms with E-state index >= 15 is 0 Å². The molecule has 0 aliphatic rings. The van der Waals surface area contributed by atoms with Gasteiger partial charge in [0.2, 0.25) is 0 Å². The van der Waals surface area contributed by atoms with Crippen molar-refractivity contribution in [2.24, 2.45) is 11.8 Å². The Balaban J connectivity index is 3.14. The van der Waals surface area contributed by atoms with Crippen molar-refractivity contribution in [2.45, 2.75) is 72.6 Å². The van der Waals surface area contributed by atoms with E-state index in [-0.39, 0.29) is 0 Å². The van der Waals surface area contributed by atoms with Gasteiger partial charge in [-0.05, 0) is 31.3 Å². The number of rotatable bonds is 11. The number of nitrogens with one attached hydrogen (secondary N) is 1. The van der Waals surface area contributed by atoms with Crippen LogP contribution >= 0.6 is 0 Å². The van der Waals surface area contributed by atoms with Crippen LogP contribution in [0.1, 0.15) is 72.6 Å². The summed E-state index contributed by atoms with van der Waals surface area (Å²) < 4.78 is 0. The van der Waals surface area contributed by atoms with Crippen LogP contribution in [0.2, 0.25) is 0 Å². The minimum absolute atomic E-state index is 0.882. The van der Waals surface area contributed by atoms with E-state index in [1.54, 1.807) is 0 Å². The highest BCUT2D eigenvalue weighted by Crippen LogP contribution is 2.17. The molecular weight excluding hydrogens is 194 g/mol. The fourth-order valence-electron chi connectivity index (χ4n) is 2.12. The van der Waals surface area contributed by atoms with Crippen molar-refractivity contribution < 1.29 is 0 Å². The van der Waals surface area contributed by atoms with Crippen molar-refractivity contribution in [3.63, 3.8) is 0 Å². The van der Waals surface area contributed by atoms with Gasteiger partial charge >= 0.3 is 0 Å². The van der Waals surface area contributed by atoms with E-state index in [1.165, 1.54) is 51.5 Å². The van der Waals surface area contributed by atoms with E-state index in [0.717, 1.165) is 18.4 Å². The summed E-state index contributed by atoms with van der Waals surface area (Å²) in [5.74, 6) is 1.82. The van der Waals surface area contributed by atoms with Gasteiger partial charge in [0.1, 0.15) is 0 Å². The van der Waals surface area contributed by atoms with E-state index in [1.807, 2.05) is 0 Å². The van der Waals surface area contributed by atoms with Gasteiger partial charge in [0.25, 0.3) is 0 Å². The summed E-state index contributed by atoms with van der Waals surface area (Å²) in [6.45, 7) is 11.6. The maximum atomic E-state index is 3.38. The summed E-state index contributed by atoms with van der Waals surface area (Å²) in [6, 6.07) is 0. The Bertz CT molecular complexity index is 131. The van der Waals surface area contributed by atoms with Crippen LogP contribution in [0.4, 0.5) is 0 Å². The molecule has 1 N–H and O–H groups in total. The van der Waals surface area contributed by atoms with Gasteiger partial charge in [-0.3, -0.25) is 0 Å². The lowest BCUT2D eigenvalue weighted by Gasteiger charge is -2.12. The molecular formula is C15H33N. The van der Waals surface area contributed by atoms with Crippen molar-refractivity contribution in [2.75, 3.05) is 13.1 Å². The maximum absolute atomic E-state index is 3.38. The Morgan fingerprint density at radius 1 is 0.812 bits per heavy atom. The molecule has 1 atom stereocenters. The highest BCUT2D eigenvalue weighted by atomic mass is 14.8. The molecule has 1 heteroatoms. The molecule has 0 saturated carbocycles. The molecule has 0 saturated heterocycles. The molecule has 0 heterocycles. The topological polar surface area (TPSA) is 12.0 Å². The molecule has 1 nitrogen and oxygen atoms in total. The highest BCUT2D eigenvalue weighted by Gasteiger charge is 2.02.